The fourth-order valence-electron chi connectivity index (χ4n) is 2.75. The molecular formula is C18H21FN4O2. The highest BCUT2D eigenvalue weighted by atomic mass is 19.1. The zero-order valence-corrected chi connectivity index (χ0v) is 13.9. The van der Waals surface area contributed by atoms with Crippen molar-refractivity contribution in [1.82, 2.24) is 14.9 Å². The number of nitrogens with zero attached hydrogens (tertiary/aromatic N) is 3. The van der Waals surface area contributed by atoms with E-state index in [0.29, 0.717) is 34.4 Å². The van der Waals surface area contributed by atoms with Gasteiger partial charge in [-0.25, -0.2) is 9.37 Å². The average molecular weight is 344 g/mol. The lowest BCUT2D eigenvalue weighted by molar-refractivity contribution is 0.0718. The summed E-state index contributed by atoms with van der Waals surface area (Å²) in [4.78, 5) is 23.1. The number of piperidine rings is 1. The predicted molar refractivity (Wildman–Crippen MR) is 93.0 cm³/mol. The maximum absolute atomic E-state index is 12.5. The SMILES string of the molecule is NC/C(=C\F)COc1ccc2nc(C(=O)N3CCCCC3)cnc2c1. The molecule has 1 aliphatic heterocycles. The van der Waals surface area contributed by atoms with Crippen LogP contribution in [-0.4, -0.2) is 47.0 Å². The fourth-order valence-corrected chi connectivity index (χ4v) is 2.75. The summed E-state index contributed by atoms with van der Waals surface area (Å²) in [6, 6.07) is 5.17. The topological polar surface area (TPSA) is 81.3 Å². The van der Waals surface area contributed by atoms with E-state index in [1.807, 2.05) is 4.90 Å². The third-order valence-electron chi connectivity index (χ3n) is 4.22. The number of rotatable bonds is 5. The van der Waals surface area contributed by atoms with Gasteiger partial charge in [0.1, 0.15) is 18.1 Å². The normalized spacial score (nSPS) is 15.4. The van der Waals surface area contributed by atoms with E-state index in [2.05, 4.69) is 9.97 Å². The number of benzene rings is 1. The molecule has 0 aliphatic carbocycles. The second-order valence-electron chi connectivity index (χ2n) is 6.02. The van der Waals surface area contributed by atoms with Crippen molar-refractivity contribution in [1.29, 1.82) is 0 Å². The van der Waals surface area contributed by atoms with Crippen molar-refractivity contribution in [3.05, 3.63) is 42.0 Å². The predicted octanol–water partition coefficient (Wildman–Crippen LogP) is 2.45. The Morgan fingerprint density at radius 3 is 2.80 bits per heavy atom. The molecule has 0 saturated carbocycles. The molecule has 0 spiro atoms. The van der Waals surface area contributed by atoms with E-state index >= 15 is 0 Å². The molecule has 6 nitrogen and oxygen atoms in total. The summed E-state index contributed by atoms with van der Waals surface area (Å²) in [7, 11) is 0. The summed E-state index contributed by atoms with van der Waals surface area (Å²) < 4.78 is 18.0. The largest absolute Gasteiger partial charge is 0.489 e. The van der Waals surface area contributed by atoms with Crippen LogP contribution in [-0.2, 0) is 0 Å². The molecule has 1 fully saturated rings. The Kier molecular flexibility index (Phi) is 5.55. The molecule has 1 aromatic heterocycles. The Labute approximate surface area is 145 Å². The maximum Gasteiger partial charge on any atom is 0.274 e. The molecule has 2 heterocycles. The van der Waals surface area contributed by atoms with Gasteiger partial charge in [0, 0.05) is 31.3 Å². The monoisotopic (exact) mass is 344 g/mol. The van der Waals surface area contributed by atoms with Gasteiger partial charge in [-0.1, -0.05) is 0 Å². The third-order valence-corrected chi connectivity index (χ3v) is 4.22. The van der Waals surface area contributed by atoms with Crippen LogP contribution in [0.2, 0.25) is 0 Å². The van der Waals surface area contributed by atoms with Crippen LogP contribution in [0.15, 0.2) is 36.3 Å². The number of nitrogens with two attached hydrogens (primary N) is 1. The molecule has 132 valence electrons. The van der Waals surface area contributed by atoms with E-state index in [-0.39, 0.29) is 19.1 Å². The molecule has 7 heteroatoms. The van der Waals surface area contributed by atoms with Crippen LogP contribution in [0, 0.1) is 0 Å². The highest BCUT2D eigenvalue weighted by Crippen LogP contribution is 2.19. The van der Waals surface area contributed by atoms with E-state index in [4.69, 9.17) is 10.5 Å². The molecular weight excluding hydrogens is 323 g/mol. The molecule has 1 aromatic carbocycles. The van der Waals surface area contributed by atoms with Crippen LogP contribution in [0.1, 0.15) is 29.8 Å². The third kappa shape index (κ3) is 4.11. The van der Waals surface area contributed by atoms with Gasteiger partial charge in [0.2, 0.25) is 0 Å². The molecule has 0 atom stereocenters. The minimum Gasteiger partial charge on any atom is -0.489 e. The Morgan fingerprint density at radius 1 is 1.28 bits per heavy atom. The average Bonchev–Trinajstić information content (AvgIpc) is 2.68. The smallest absolute Gasteiger partial charge is 0.274 e. The number of halogens is 1. The van der Waals surface area contributed by atoms with Crippen molar-refractivity contribution in [3.63, 3.8) is 0 Å². The zero-order chi connectivity index (χ0) is 17.6. The summed E-state index contributed by atoms with van der Waals surface area (Å²) in [6.45, 7) is 1.73. The van der Waals surface area contributed by atoms with Crippen molar-refractivity contribution in [3.8, 4) is 5.75 Å². The number of fused-ring (bicyclic) bond motifs is 1. The molecule has 1 amide bonds. The molecule has 1 saturated heterocycles. The summed E-state index contributed by atoms with van der Waals surface area (Å²) in [6.07, 6.45) is 5.19. The van der Waals surface area contributed by atoms with E-state index in [9.17, 15) is 9.18 Å². The van der Waals surface area contributed by atoms with Crippen LogP contribution < -0.4 is 10.5 Å². The lowest BCUT2D eigenvalue weighted by Gasteiger charge is -2.26. The number of ether oxygens (including phenoxy) is 1. The summed E-state index contributed by atoms with van der Waals surface area (Å²) >= 11 is 0. The first kappa shape index (κ1) is 17.3. The second kappa shape index (κ2) is 8.02. The Bertz CT molecular complexity index is 788. The zero-order valence-electron chi connectivity index (χ0n) is 13.9. The number of carbonyl (C=O) groups excluding carboxylic acids is 1. The number of hydrogen-bond acceptors (Lipinski definition) is 5. The van der Waals surface area contributed by atoms with E-state index in [1.165, 1.54) is 12.6 Å². The first-order valence-electron chi connectivity index (χ1n) is 8.38. The van der Waals surface area contributed by atoms with Crippen LogP contribution in [0.3, 0.4) is 0 Å². The van der Waals surface area contributed by atoms with Crippen LogP contribution in [0.4, 0.5) is 4.39 Å². The van der Waals surface area contributed by atoms with Crippen molar-refractivity contribution >= 4 is 16.9 Å². The minimum atomic E-state index is -0.0740. The quantitative estimate of drug-likeness (QED) is 0.901. The lowest BCUT2D eigenvalue weighted by atomic mass is 10.1. The van der Waals surface area contributed by atoms with E-state index in [1.54, 1.807) is 18.2 Å². The van der Waals surface area contributed by atoms with Gasteiger partial charge in [0.05, 0.1) is 23.6 Å². The van der Waals surface area contributed by atoms with Crippen molar-refractivity contribution in [2.45, 2.75) is 19.3 Å². The standard InChI is InChI=1S/C18H21FN4O2/c19-9-13(10-20)12-25-14-4-5-15-16(8-14)21-11-17(22-15)18(24)23-6-2-1-3-7-23/h4-5,8-9,11H,1-3,6-7,10,12,20H2/b13-9+. The number of amides is 1. The van der Waals surface area contributed by atoms with Crippen molar-refractivity contribution in [2.24, 2.45) is 5.73 Å². The molecule has 1 aliphatic rings. The van der Waals surface area contributed by atoms with Gasteiger partial charge in [-0.05, 0) is 31.4 Å². The fraction of sp³-hybridized carbons (Fsp3) is 0.389. The van der Waals surface area contributed by atoms with Gasteiger partial charge in [-0.2, -0.15) is 0 Å². The maximum atomic E-state index is 12.5. The molecule has 25 heavy (non-hydrogen) atoms. The Balaban J connectivity index is 1.75. The van der Waals surface area contributed by atoms with Gasteiger partial charge in [0.15, 0.2) is 0 Å². The number of likely N-dealkylation sites (tertiary alicyclic amines) is 1. The van der Waals surface area contributed by atoms with Crippen LogP contribution >= 0.6 is 0 Å². The number of carbonyl (C=O) groups is 1. The number of aromatic nitrogens is 2. The molecule has 3 rings (SSSR count). The first-order valence-corrected chi connectivity index (χ1v) is 8.38. The summed E-state index contributed by atoms with van der Waals surface area (Å²) in [5.74, 6) is 0.472. The Morgan fingerprint density at radius 2 is 2.08 bits per heavy atom. The van der Waals surface area contributed by atoms with E-state index < -0.39 is 0 Å². The van der Waals surface area contributed by atoms with Gasteiger partial charge in [-0.3, -0.25) is 9.78 Å². The number of hydrogen-bond donors (Lipinski definition) is 1. The first-order chi connectivity index (χ1) is 12.2. The summed E-state index contributed by atoms with van der Waals surface area (Å²) in [5.41, 5.74) is 7.36. The van der Waals surface area contributed by atoms with Gasteiger partial charge in [0.25, 0.3) is 5.91 Å². The summed E-state index contributed by atoms with van der Waals surface area (Å²) in [5, 5.41) is 0. The molecule has 2 aromatic rings. The lowest BCUT2D eigenvalue weighted by Crippen LogP contribution is -2.36. The van der Waals surface area contributed by atoms with Gasteiger partial charge in [-0.15, -0.1) is 0 Å². The van der Waals surface area contributed by atoms with Gasteiger partial charge < -0.3 is 15.4 Å². The minimum absolute atomic E-state index is 0.0740. The highest BCUT2D eigenvalue weighted by molar-refractivity contribution is 5.94. The molecule has 2 N–H and O–H groups in total. The van der Waals surface area contributed by atoms with Crippen LogP contribution in [0.5, 0.6) is 5.75 Å². The van der Waals surface area contributed by atoms with Crippen molar-refractivity contribution < 1.29 is 13.9 Å². The Hall–Kier alpha value is -2.54. The molecule has 0 radical (unpaired) electrons. The van der Waals surface area contributed by atoms with Crippen molar-refractivity contribution in [2.75, 3.05) is 26.2 Å². The molecule has 0 bridgehead atoms. The van der Waals surface area contributed by atoms with Gasteiger partial charge >= 0.3 is 0 Å². The molecule has 0 unspecified atom stereocenters. The van der Waals surface area contributed by atoms with Crippen LogP contribution in [0.25, 0.3) is 11.0 Å². The van der Waals surface area contributed by atoms with E-state index in [0.717, 1.165) is 25.9 Å². The second-order valence-corrected chi connectivity index (χ2v) is 6.02. The highest BCUT2D eigenvalue weighted by Gasteiger charge is 2.19.